The second-order valence-electron chi connectivity index (χ2n) is 4.07. The zero-order valence-electron chi connectivity index (χ0n) is 9.07. The van der Waals surface area contributed by atoms with Gasteiger partial charge in [0.05, 0.1) is 11.3 Å². The topological polar surface area (TPSA) is 39.9 Å². The van der Waals surface area contributed by atoms with Crippen molar-refractivity contribution in [1.82, 2.24) is 14.5 Å². The minimum Gasteiger partial charge on any atom is -0.358 e. The van der Waals surface area contributed by atoms with Crippen LogP contribution in [0.1, 0.15) is 25.5 Å². The number of rotatable bonds is 1. The van der Waals surface area contributed by atoms with Gasteiger partial charge in [-0.05, 0) is 25.3 Å². The molecule has 0 radical (unpaired) electrons. The van der Waals surface area contributed by atoms with E-state index in [4.69, 9.17) is 27.9 Å². The van der Waals surface area contributed by atoms with E-state index >= 15 is 0 Å². The maximum absolute atomic E-state index is 6.07. The normalized spacial score (nSPS) is 20.9. The van der Waals surface area contributed by atoms with E-state index < -0.39 is 0 Å². The van der Waals surface area contributed by atoms with Crippen molar-refractivity contribution in [1.29, 1.82) is 0 Å². The molecule has 6 heteroatoms. The summed E-state index contributed by atoms with van der Waals surface area (Å²) in [5.41, 5.74) is 1.36. The number of hydrogen-bond acceptors (Lipinski definition) is 3. The molecule has 2 aromatic rings. The van der Waals surface area contributed by atoms with Crippen LogP contribution in [-0.2, 0) is 4.74 Å². The molecule has 1 atom stereocenters. The lowest BCUT2D eigenvalue weighted by Gasteiger charge is -2.23. The Morgan fingerprint density at radius 2 is 2.24 bits per heavy atom. The number of fused-ring (bicyclic) bond motifs is 1. The minimum atomic E-state index is -0.00390. The molecule has 3 heterocycles. The van der Waals surface area contributed by atoms with Crippen LogP contribution in [0.2, 0.25) is 10.2 Å². The summed E-state index contributed by atoms with van der Waals surface area (Å²) in [6.45, 7) is 0.776. The molecule has 1 aliphatic heterocycles. The first-order valence-corrected chi connectivity index (χ1v) is 6.31. The van der Waals surface area contributed by atoms with Gasteiger partial charge in [0.1, 0.15) is 16.9 Å². The van der Waals surface area contributed by atoms with E-state index in [1.165, 1.54) is 0 Å². The Kier molecular flexibility index (Phi) is 2.94. The fourth-order valence-electron chi connectivity index (χ4n) is 2.09. The Balaban J connectivity index is 2.10. The largest absolute Gasteiger partial charge is 0.358 e. The fourth-order valence-corrected chi connectivity index (χ4v) is 2.58. The lowest BCUT2D eigenvalue weighted by Crippen LogP contribution is -2.17. The average molecular weight is 272 g/mol. The molecule has 17 heavy (non-hydrogen) atoms. The van der Waals surface area contributed by atoms with Gasteiger partial charge in [0.25, 0.3) is 0 Å². The van der Waals surface area contributed by atoms with E-state index in [1.807, 2.05) is 4.57 Å². The van der Waals surface area contributed by atoms with Gasteiger partial charge >= 0.3 is 0 Å². The first-order chi connectivity index (χ1) is 8.25. The summed E-state index contributed by atoms with van der Waals surface area (Å²) >= 11 is 12.0. The second-order valence-corrected chi connectivity index (χ2v) is 4.87. The molecule has 1 fully saturated rings. The van der Waals surface area contributed by atoms with Crippen LogP contribution >= 0.6 is 23.2 Å². The summed E-state index contributed by atoms with van der Waals surface area (Å²) < 4.78 is 7.62. The second kappa shape index (κ2) is 4.44. The maximum atomic E-state index is 6.07. The van der Waals surface area contributed by atoms with E-state index in [1.54, 1.807) is 12.4 Å². The zero-order valence-corrected chi connectivity index (χ0v) is 10.6. The van der Waals surface area contributed by atoms with Crippen molar-refractivity contribution < 1.29 is 4.74 Å². The standard InChI is InChI=1S/C11H11Cl2N3O/c12-7-5-8(13)15-11-10(7)14-6-16(11)9-3-1-2-4-17-9/h5-6,9H,1-4H2. The predicted molar refractivity (Wildman–Crippen MR) is 66.4 cm³/mol. The molecule has 0 spiro atoms. The van der Waals surface area contributed by atoms with Gasteiger partial charge in [-0.15, -0.1) is 0 Å². The maximum Gasteiger partial charge on any atom is 0.165 e. The smallest absolute Gasteiger partial charge is 0.165 e. The Hall–Kier alpha value is -0.840. The van der Waals surface area contributed by atoms with Gasteiger partial charge in [-0.2, -0.15) is 0 Å². The highest BCUT2D eigenvalue weighted by molar-refractivity contribution is 6.37. The number of ether oxygens (including phenoxy) is 1. The van der Waals surface area contributed by atoms with Crippen LogP contribution < -0.4 is 0 Å². The first-order valence-electron chi connectivity index (χ1n) is 5.56. The van der Waals surface area contributed by atoms with Crippen molar-refractivity contribution in [2.75, 3.05) is 6.61 Å². The van der Waals surface area contributed by atoms with Crippen LogP contribution in [0, 0.1) is 0 Å². The van der Waals surface area contributed by atoms with Gasteiger partial charge in [0.2, 0.25) is 0 Å². The molecule has 1 saturated heterocycles. The third kappa shape index (κ3) is 2.01. The zero-order chi connectivity index (χ0) is 11.8. The van der Waals surface area contributed by atoms with Crippen molar-refractivity contribution >= 4 is 34.4 Å². The van der Waals surface area contributed by atoms with E-state index in [-0.39, 0.29) is 6.23 Å². The van der Waals surface area contributed by atoms with E-state index in [2.05, 4.69) is 9.97 Å². The summed E-state index contributed by atoms with van der Waals surface area (Å²) in [6, 6.07) is 1.60. The van der Waals surface area contributed by atoms with Crippen molar-refractivity contribution in [3.05, 3.63) is 22.6 Å². The van der Waals surface area contributed by atoms with Crippen LogP contribution in [0.3, 0.4) is 0 Å². The van der Waals surface area contributed by atoms with Gasteiger partial charge in [0.15, 0.2) is 5.65 Å². The number of aromatic nitrogens is 3. The molecule has 0 aromatic carbocycles. The van der Waals surface area contributed by atoms with Crippen LogP contribution in [-0.4, -0.2) is 21.1 Å². The van der Waals surface area contributed by atoms with E-state index in [0.717, 1.165) is 25.9 Å². The van der Waals surface area contributed by atoms with Gasteiger partial charge in [-0.25, -0.2) is 9.97 Å². The van der Waals surface area contributed by atoms with Crippen LogP contribution in [0.5, 0.6) is 0 Å². The highest BCUT2D eigenvalue weighted by atomic mass is 35.5. The summed E-state index contributed by atoms with van der Waals surface area (Å²) in [5, 5.41) is 0.898. The molecule has 0 aliphatic carbocycles. The third-order valence-electron chi connectivity index (χ3n) is 2.92. The molecule has 0 N–H and O–H groups in total. The third-order valence-corrected chi connectivity index (χ3v) is 3.40. The molecular weight excluding hydrogens is 261 g/mol. The highest BCUT2D eigenvalue weighted by Gasteiger charge is 2.19. The number of imidazole rings is 1. The molecule has 3 rings (SSSR count). The number of halogens is 2. The molecule has 0 saturated carbocycles. The fraction of sp³-hybridized carbons (Fsp3) is 0.455. The minimum absolute atomic E-state index is 0.00390. The SMILES string of the molecule is Clc1cc(Cl)c2ncn(C3CCCCO3)c2n1. The van der Waals surface area contributed by atoms with Crippen molar-refractivity contribution in [3.8, 4) is 0 Å². The lowest BCUT2D eigenvalue weighted by atomic mass is 10.2. The summed E-state index contributed by atoms with van der Waals surface area (Å²) in [4.78, 5) is 8.54. The van der Waals surface area contributed by atoms with Crippen molar-refractivity contribution in [3.63, 3.8) is 0 Å². The molecule has 4 nitrogen and oxygen atoms in total. The quantitative estimate of drug-likeness (QED) is 0.746. The number of hydrogen-bond donors (Lipinski definition) is 0. The molecule has 1 aliphatic rings. The van der Waals surface area contributed by atoms with Gasteiger partial charge < -0.3 is 4.74 Å². The van der Waals surface area contributed by atoms with Crippen LogP contribution in [0.15, 0.2) is 12.4 Å². The average Bonchev–Trinajstić information content (AvgIpc) is 2.74. The van der Waals surface area contributed by atoms with Crippen LogP contribution in [0.4, 0.5) is 0 Å². The summed E-state index contributed by atoms with van der Waals surface area (Å²) in [6.07, 6.45) is 4.94. The van der Waals surface area contributed by atoms with Gasteiger partial charge in [-0.3, -0.25) is 4.57 Å². The number of pyridine rings is 1. The Labute approximate surface area is 109 Å². The lowest BCUT2D eigenvalue weighted by molar-refractivity contribution is -0.0298. The Bertz CT molecular complexity index is 549. The molecule has 1 unspecified atom stereocenters. The summed E-state index contributed by atoms with van der Waals surface area (Å²) in [5.74, 6) is 0. The first kappa shape index (κ1) is 11.3. The predicted octanol–water partition coefficient (Wildman–Crippen LogP) is 3.44. The van der Waals surface area contributed by atoms with Crippen molar-refractivity contribution in [2.45, 2.75) is 25.5 Å². The van der Waals surface area contributed by atoms with E-state index in [0.29, 0.717) is 21.3 Å². The molecule has 90 valence electrons. The van der Waals surface area contributed by atoms with Crippen molar-refractivity contribution in [2.24, 2.45) is 0 Å². The highest BCUT2D eigenvalue weighted by Crippen LogP contribution is 2.29. The molecule has 0 amide bonds. The summed E-state index contributed by atoms with van der Waals surface area (Å²) in [7, 11) is 0. The Morgan fingerprint density at radius 3 is 3.00 bits per heavy atom. The molecular formula is C11H11Cl2N3O. The van der Waals surface area contributed by atoms with E-state index in [9.17, 15) is 0 Å². The number of nitrogens with zero attached hydrogens (tertiary/aromatic N) is 3. The molecule has 0 bridgehead atoms. The monoisotopic (exact) mass is 271 g/mol. The van der Waals surface area contributed by atoms with Gasteiger partial charge in [-0.1, -0.05) is 23.2 Å². The van der Waals surface area contributed by atoms with Crippen LogP contribution in [0.25, 0.3) is 11.2 Å². The molecule has 2 aromatic heterocycles. The van der Waals surface area contributed by atoms with Gasteiger partial charge in [0, 0.05) is 6.61 Å². The Morgan fingerprint density at radius 1 is 1.35 bits per heavy atom.